The Morgan fingerprint density at radius 1 is 1.19 bits per heavy atom. The second-order valence-corrected chi connectivity index (χ2v) is 6.26. The number of aryl methyl sites for hydroxylation is 1. The molecule has 0 aliphatic heterocycles. The fraction of sp³-hybridized carbons (Fsp3) is 0.143. The van der Waals surface area contributed by atoms with Gasteiger partial charge in [-0.2, -0.15) is 5.10 Å². The smallest absolute Gasteiger partial charge is 0.336 e. The largest absolute Gasteiger partial charge is 0.478 e. The average molecular weight is 377 g/mol. The van der Waals surface area contributed by atoms with Crippen molar-refractivity contribution < 1.29 is 9.90 Å². The van der Waals surface area contributed by atoms with Gasteiger partial charge in [-0.15, -0.1) is 6.58 Å². The zero-order valence-corrected chi connectivity index (χ0v) is 15.5. The fourth-order valence-electron chi connectivity index (χ4n) is 2.87. The first-order valence-corrected chi connectivity index (χ1v) is 9.01. The SMILES string of the molecule is C=CCCn1nc(C=S)nc1Cc1ccc(-c2ccccc2C(=O)O)cc1. The summed E-state index contributed by atoms with van der Waals surface area (Å²) in [6.07, 6.45) is 3.27. The lowest BCUT2D eigenvalue weighted by Gasteiger charge is -2.08. The molecule has 5 nitrogen and oxygen atoms in total. The van der Waals surface area contributed by atoms with E-state index in [4.69, 9.17) is 12.2 Å². The topological polar surface area (TPSA) is 68.0 Å². The summed E-state index contributed by atoms with van der Waals surface area (Å²) in [6, 6.07) is 14.8. The minimum Gasteiger partial charge on any atom is -0.478 e. The predicted octanol–water partition coefficient (Wildman–Crippen LogP) is 4.16. The zero-order valence-electron chi connectivity index (χ0n) is 14.7. The monoisotopic (exact) mass is 377 g/mol. The lowest BCUT2D eigenvalue weighted by Crippen LogP contribution is -2.06. The molecule has 0 aliphatic carbocycles. The maximum atomic E-state index is 11.4. The molecule has 6 heteroatoms. The average Bonchev–Trinajstić information content (AvgIpc) is 3.08. The molecule has 2 aromatic carbocycles. The van der Waals surface area contributed by atoms with Gasteiger partial charge < -0.3 is 5.11 Å². The minimum absolute atomic E-state index is 0.292. The summed E-state index contributed by atoms with van der Waals surface area (Å²) >= 11 is 4.94. The molecule has 0 bridgehead atoms. The molecule has 0 radical (unpaired) electrons. The number of rotatable bonds is 8. The normalized spacial score (nSPS) is 10.5. The number of allylic oxidation sites excluding steroid dienone is 1. The van der Waals surface area contributed by atoms with Crippen LogP contribution in [0.1, 0.15) is 34.0 Å². The quantitative estimate of drug-likeness (QED) is 0.472. The lowest BCUT2D eigenvalue weighted by atomic mass is 9.98. The highest BCUT2D eigenvalue weighted by Crippen LogP contribution is 2.24. The minimum atomic E-state index is -0.933. The van der Waals surface area contributed by atoms with Crippen LogP contribution in [0.3, 0.4) is 0 Å². The molecule has 1 N–H and O–H groups in total. The number of aromatic carboxylic acids is 1. The molecule has 0 atom stereocenters. The zero-order chi connectivity index (χ0) is 19.2. The van der Waals surface area contributed by atoms with Gasteiger partial charge in [-0.1, -0.05) is 60.8 Å². The number of carbonyl (C=O) groups is 1. The Hall–Kier alpha value is -3.12. The third-order valence-corrected chi connectivity index (χ3v) is 4.41. The Morgan fingerprint density at radius 3 is 2.59 bits per heavy atom. The molecule has 3 rings (SSSR count). The van der Waals surface area contributed by atoms with E-state index in [2.05, 4.69) is 16.7 Å². The molecule has 0 spiro atoms. The van der Waals surface area contributed by atoms with Gasteiger partial charge in [0.15, 0.2) is 5.82 Å². The number of carboxylic acids is 1. The first kappa shape index (κ1) is 18.7. The summed E-state index contributed by atoms with van der Waals surface area (Å²) in [5.41, 5.74) is 2.92. The van der Waals surface area contributed by atoms with E-state index in [1.165, 1.54) is 5.37 Å². The van der Waals surface area contributed by atoms with Gasteiger partial charge in [-0.25, -0.2) is 14.5 Å². The standard InChI is InChI=1S/C21H19N3O2S/c1-2-3-12-24-20(22-19(14-27)23-24)13-15-8-10-16(11-9-15)17-6-4-5-7-18(17)21(25)26/h2,4-11,14H,1,3,12-13H2,(H,25,26). The highest BCUT2D eigenvalue weighted by Gasteiger charge is 2.12. The number of hydrogen-bond acceptors (Lipinski definition) is 4. The van der Waals surface area contributed by atoms with Crippen molar-refractivity contribution in [2.24, 2.45) is 0 Å². The maximum Gasteiger partial charge on any atom is 0.336 e. The molecular formula is C21H19N3O2S. The molecule has 0 unspecified atom stereocenters. The maximum absolute atomic E-state index is 11.4. The Morgan fingerprint density at radius 2 is 1.93 bits per heavy atom. The number of thiocarbonyl (C=S) groups is 1. The molecule has 0 fully saturated rings. The van der Waals surface area contributed by atoms with Crippen LogP contribution in [0.4, 0.5) is 0 Å². The van der Waals surface area contributed by atoms with Gasteiger partial charge in [0, 0.05) is 18.3 Å². The van der Waals surface area contributed by atoms with Crippen LogP contribution in [0.15, 0.2) is 61.2 Å². The van der Waals surface area contributed by atoms with Crippen molar-refractivity contribution in [3.8, 4) is 11.1 Å². The summed E-state index contributed by atoms with van der Waals surface area (Å²) in [7, 11) is 0. The molecule has 1 aromatic heterocycles. The number of aromatic nitrogens is 3. The van der Waals surface area contributed by atoms with Crippen LogP contribution in [-0.2, 0) is 13.0 Å². The van der Waals surface area contributed by atoms with E-state index in [9.17, 15) is 9.90 Å². The van der Waals surface area contributed by atoms with Gasteiger partial charge in [-0.3, -0.25) is 0 Å². The third-order valence-electron chi connectivity index (χ3n) is 4.20. The van der Waals surface area contributed by atoms with Crippen molar-refractivity contribution >= 4 is 23.6 Å². The van der Waals surface area contributed by atoms with Crippen molar-refractivity contribution in [3.63, 3.8) is 0 Å². The molecular weight excluding hydrogens is 358 g/mol. The van der Waals surface area contributed by atoms with Gasteiger partial charge in [-0.05, 0) is 29.2 Å². The van der Waals surface area contributed by atoms with Crippen molar-refractivity contribution in [3.05, 3.63) is 84.0 Å². The Labute approximate surface area is 163 Å². The second kappa shape index (κ2) is 8.51. The highest BCUT2D eigenvalue weighted by atomic mass is 32.1. The van der Waals surface area contributed by atoms with Crippen molar-refractivity contribution in [2.75, 3.05) is 0 Å². The van der Waals surface area contributed by atoms with Crippen molar-refractivity contribution in [2.45, 2.75) is 19.4 Å². The van der Waals surface area contributed by atoms with E-state index in [1.807, 2.05) is 47.2 Å². The predicted molar refractivity (Wildman–Crippen MR) is 109 cm³/mol. The molecule has 0 amide bonds. The van der Waals surface area contributed by atoms with E-state index in [1.54, 1.807) is 12.1 Å². The van der Waals surface area contributed by atoms with Crippen LogP contribution in [0, 0.1) is 0 Å². The van der Waals surface area contributed by atoms with E-state index in [0.29, 0.717) is 29.9 Å². The molecule has 0 saturated carbocycles. The summed E-state index contributed by atoms with van der Waals surface area (Å²) in [5, 5.41) is 15.2. The molecule has 27 heavy (non-hydrogen) atoms. The number of nitrogens with zero attached hydrogens (tertiary/aromatic N) is 3. The van der Waals surface area contributed by atoms with Crippen LogP contribution >= 0.6 is 12.2 Å². The van der Waals surface area contributed by atoms with Crippen LogP contribution in [-0.4, -0.2) is 31.2 Å². The van der Waals surface area contributed by atoms with Crippen molar-refractivity contribution in [1.82, 2.24) is 14.8 Å². The second-order valence-electron chi connectivity index (χ2n) is 6.03. The molecule has 3 aromatic rings. The first-order chi connectivity index (χ1) is 13.1. The number of hydrogen-bond donors (Lipinski definition) is 1. The molecule has 0 aliphatic rings. The fourth-order valence-corrected chi connectivity index (χ4v) is 2.97. The van der Waals surface area contributed by atoms with Gasteiger partial charge >= 0.3 is 5.97 Å². The first-order valence-electron chi connectivity index (χ1n) is 8.54. The summed E-state index contributed by atoms with van der Waals surface area (Å²) < 4.78 is 1.85. The van der Waals surface area contributed by atoms with Gasteiger partial charge in [0.2, 0.25) is 0 Å². The van der Waals surface area contributed by atoms with Gasteiger partial charge in [0.1, 0.15) is 5.82 Å². The Balaban J connectivity index is 1.85. The van der Waals surface area contributed by atoms with Gasteiger partial charge in [0.05, 0.1) is 5.56 Å². The van der Waals surface area contributed by atoms with E-state index in [0.717, 1.165) is 23.4 Å². The van der Waals surface area contributed by atoms with E-state index < -0.39 is 5.97 Å². The Kier molecular flexibility index (Phi) is 5.88. The Bertz CT molecular complexity index is 977. The summed E-state index contributed by atoms with van der Waals surface area (Å²) in [4.78, 5) is 15.9. The molecule has 0 saturated heterocycles. The summed E-state index contributed by atoms with van der Waals surface area (Å²) in [6.45, 7) is 4.45. The summed E-state index contributed by atoms with van der Waals surface area (Å²) in [5.74, 6) is 0.445. The van der Waals surface area contributed by atoms with Crippen molar-refractivity contribution in [1.29, 1.82) is 0 Å². The molecule has 136 valence electrons. The van der Waals surface area contributed by atoms with Gasteiger partial charge in [0.25, 0.3) is 0 Å². The molecule has 1 heterocycles. The third kappa shape index (κ3) is 4.35. The van der Waals surface area contributed by atoms with E-state index >= 15 is 0 Å². The van der Waals surface area contributed by atoms with Crippen LogP contribution in [0.2, 0.25) is 0 Å². The van der Waals surface area contributed by atoms with Crippen LogP contribution in [0.5, 0.6) is 0 Å². The highest BCUT2D eigenvalue weighted by molar-refractivity contribution is 7.79. The van der Waals surface area contributed by atoms with E-state index in [-0.39, 0.29) is 0 Å². The lowest BCUT2D eigenvalue weighted by molar-refractivity contribution is 0.0697. The number of benzene rings is 2. The van der Waals surface area contributed by atoms with Crippen LogP contribution in [0.25, 0.3) is 11.1 Å². The number of carboxylic acid groups (broad SMARTS) is 1. The van der Waals surface area contributed by atoms with Crippen LogP contribution < -0.4 is 0 Å².